The fourth-order valence-corrected chi connectivity index (χ4v) is 8.52. The van der Waals surface area contributed by atoms with Crippen LogP contribution in [-0.4, -0.2) is 98.9 Å². The first-order valence-electron chi connectivity index (χ1n) is 13.4. The molecule has 0 amide bonds. The first kappa shape index (κ1) is 31.3. The number of aliphatic hydroxyl groups excluding tert-OH is 2. The van der Waals surface area contributed by atoms with Crippen LogP contribution in [-0.2, 0) is 51.2 Å². The highest BCUT2D eigenvalue weighted by Gasteiger charge is 2.52. The highest BCUT2D eigenvalue weighted by molar-refractivity contribution is 8.07. The van der Waals surface area contributed by atoms with Crippen molar-refractivity contribution in [3.05, 3.63) is 47.0 Å². The van der Waals surface area contributed by atoms with Crippen LogP contribution in [0, 0.1) is 6.92 Å². The van der Waals surface area contributed by atoms with E-state index >= 15 is 0 Å². The van der Waals surface area contributed by atoms with E-state index in [0.717, 1.165) is 0 Å². The lowest BCUT2D eigenvalue weighted by Gasteiger charge is -2.28. The molecule has 4 aromatic heterocycles. The summed E-state index contributed by atoms with van der Waals surface area (Å²) in [7, 11) is 0. The largest absolute Gasteiger partial charge is 0.387 e. The quantitative estimate of drug-likeness (QED) is 0.148. The van der Waals surface area contributed by atoms with Crippen molar-refractivity contribution >= 4 is 64.9 Å². The second-order valence-corrected chi connectivity index (χ2v) is 16.2. The molecular weight excluding hydrogens is 676 g/mol. The van der Waals surface area contributed by atoms with Crippen molar-refractivity contribution in [3.8, 4) is 0 Å². The smallest absolute Gasteiger partial charge is 0.325 e. The first-order valence-corrected chi connectivity index (χ1v) is 18.6. The van der Waals surface area contributed by atoms with Gasteiger partial charge in [-0.05, 0) is 42.7 Å². The number of nitrogen functional groups attached to an aromatic ring is 1. The molecule has 7 rings (SSSR count). The lowest BCUT2D eigenvalue weighted by Crippen LogP contribution is -2.36. The molecule has 3 saturated heterocycles. The molecular formula is C23H27N7O11P2S2. The lowest BCUT2D eigenvalue weighted by atomic mass is 10.1. The third-order valence-electron chi connectivity index (χ3n) is 7.72. The Morgan fingerprint density at radius 1 is 0.911 bits per heavy atom. The zero-order valence-corrected chi connectivity index (χ0v) is 26.5. The Balaban J connectivity index is 1.21. The molecule has 0 aliphatic carbocycles. The monoisotopic (exact) mass is 703 g/mol. The number of ether oxygens (including phenoxy) is 2. The van der Waals surface area contributed by atoms with E-state index in [0.29, 0.717) is 16.9 Å². The zero-order valence-electron chi connectivity index (χ0n) is 23.1. The summed E-state index contributed by atoms with van der Waals surface area (Å²) in [5, 5.41) is 23.3. The van der Waals surface area contributed by atoms with Crippen molar-refractivity contribution in [3.63, 3.8) is 0 Å². The number of aromatic nitrogens is 6. The van der Waals surface area contributed by atoms with E-state index in [1.54, 1.807) is 19.2 Å². The first-order chi connectivity index (χ1) is 21.3. The molecule has 3 fully saturated rings. The number of rotatable bonds is 2. The summed E-state index contributed by atoms with van der Waals surface area (Å²) < 4.78 is 37.8. The Morgan fingerprint density at radius 2 is 1.53 bits per heavy atom. The Morgan fingerprint density at radius 3 is 2.27 bits per heavy atom. The minimum absolute atomic E-state index is 0.216. The second kappa shape index (κ2) is 11.5. The van der Waals surface area contributed by atoms with Gasteiger partial charge in [-0.15, -0.1) is 0 Å². The molecule has 0 spiro atoms. The maximum atomic E-state index is 12.5. The average molecular weight is 704 g/mol. The molecule has 7 heterocycles. The Bertz CT molecular complexity index is 1940. The van der Waals surface area contributed by atoms with E-state index in [1.165, 1.54) is 27.7 Å². The van der Waals surface area contributed by atoms with Crippen LogP contribution in [0.15, 0.2) is 35.6 Å². The van der Waals surface area contributed by atoms with Crippen molar-refractivity contribution < 1.29 is 47.6 Å². The van der Waals surface area contributed by atoms with Gasteiger partial charge in [0, 0.05) is 12.4 Å². The van der Waals surface area contributed by atoms with E-state index < -0.39 is 81.3 Å². The number of nitrogens with two attached hydrogens (primary N) is 1. The van der Waals surface area contributed by atoms with Gasteiger partial charge in [-0.2, -0.15) is 0 Å². The summed E-state index contributed by atoms with van der Waals surface area (Å²) in [6, 6.07) is 3.15. The van der Waals surface area contributed by atoms with Gasteiger partial charge in [0.05, 0.1) is 24.0 Å². The number of aromatic amines is 1. The number of hydrogen-bond acceptors (Lipinski definition) is 15. The second-order valence-electron chi connectivity index (χ2n) is 10.6. The molecule has 3 aliphatic heterocycles. The zero-order chi connectivity index (χ0) is 31.8. The third-order valence-corrected chi connectivity index (χ3v) is 10.8. The molecule has 4 aromatic rings. The number of H-pyrrole nitrogens is 1. The van der Waals surface area contributed by atoms with Gasteiger partial charge in [0.15, 0.2) is 12.5 Å². The molecule has 10 atom stereocenters. The minimum atomic E-state index is -4.17. The summed E-state index contributed by atoms with van der Waals surface area (Å²) >= 11 is 10.6. The van der Waals surface area contributed by atoms with Gasteiger partial charge < -0.3 is 58.4 Å². The number of nitrogens with zero attached hydrogens (tertiary/aromatic N) is 5. The van der Waals surface area contributed by atoms with Crippen LogP contribution >= 0.6 is 13.4 Å². The maximum absolute atomic E-state index is 12.5. The van der Waals surface area contributed by atoms with Crippen molar-refractivity contribution in [2.75, 3.05) is 18.9 Å². The minimum Gasteiger partial charge on any atom is -0.387 e. The predicted molar refractivity (Wildman–Crippen MR) is 162 cm³/mol. The number of aryl methyl sites for hydroxylation is 1. The molecule has 3 aliphatic rings. The van der Waals surface area contributed by atoms with Gasteiger partial charge in [0.25, 0.3) is 5.56 Å². The Labute approximate surface area is 263 Å². The Hall–Kier alpha value is -2.26. The van der Waals surface area contributed by atoms with Gasteiger partial charge in [0.1, 0.15) is 65.9 Å². The van der Waals surface area contributed by atoms with Gasteiger partial charge >= 0.3 is 13.4 Å². The van der Waals surface area contributed by atoms with Crippen LogP contribution in [0.3, 0.4) is 0 Å². The van der Waals surface area contributed by atoms with Gasteiger partial charge in [-0.25, -0.2) is 15.0 Å². The van der Waals surface area contributed by atoms with Crippen molar-refractivity contribution in [1.29, 1.82) is 0 Å². The SMILES string of the molecule is Cc1nc2c(ccn2[C@@H]2O[C@@H]3COP(O)(=S)OC4[C@@H](COP(O)(=S)OC2[C@H]3O)O[C@@H](n2ccc3c(N)ncnc32)[C@H]4O)c(=O)[nH]1. The molecule has 242 valence electrons. The summed E-state index contributed by atoms with van der Waals surface area (Å²) in [5.41, 5.74) is 6.14. The molecule has 4 unspecified atom stereocenters. The highest BCUT2D eigenvalue weighted by atomic mass is 32.5. The molecule has 45 heavy (non-hydrogen) atoms. The van der Waals surface area contributed by atoms with Crippen LogP contribution < -0.4 is 11.3 Å². The number of anilines is 1. The third kappa shape index (κ3) is 5.68. The topological polar surface area (TPSA) is 244 Å². The number of aliphatic hydroxyl groups is 2. The number of nitrogens with one attached hydrogen (secondary N) is 1. The van der Waals surface area contributed by atoms with Crippen molar-refractivity contribution in [2.45, 2.75) is 56.0 Å². The average Bonchev–Trinajstić information content (AvgIpc) is 3.72. The van der Waals surface area contributed by atoms with Gasteiger partial charge in [-0.3, -0.25) is 13.8 Å². The molecule has 2 bridgehead atoms. The number of hydrogen-bond donors (Lipinski definition) is 6. The van der Waals surface area contributed by atoms with Crippen molar-refractivity contribution in [1.82, 2.24) is 29.1 Å². The van der Waals surface area contributed by atoms with E-state index in [4.69, 9.17) is 56.9 Å². The van der Waals surface area contributed by atoms with Gasteiger partial charge in [-0.1, -0.05) is 0 Å². The molecule has 0 aromatic carbocycles. The molecule has 7 N–H and O–H groups in total. The Kier molecular flexibility index (Phi) is 7.98. The molecule has 0 saturated carbocycles. The van der Waals surface area contributed by atoms with Crippen LogP contribution in [0.4, 0.5) is 5.82 Å². The maximum Gasteiger partial charge on any atom is 0.325 e. The van der Waals surface area contributed by atoms with E-state index in [-0.39, 0.29) is 16.9 Å². The lowest BCUT2D eigenvalue weighted by molar-refractivity contribution is -0.0604. The fraction of sp³-hybridized carbons (Fsp3) is 0.478. The van der Waals surface area contributed by atoms with Crippen LogP contribution in [0.1, 0.15) is 18.3 Å². The molecule has 18 nitrogen and oxygen atoms in total. The standard InChI is InChI=1S/C23H27N7O11P2S2/c1-9-27-20-11(21(33)28-9)3-5-30(20)23-17-14(31)12(38-23)6-36-42(34,44)40-16-13(7-37-43(35,45)41-17)39-22(15(16)32)29-4-2-10-18(24)25-8-26-19(10)29/h2-5,8,12-17,22-23,31-32H,6-7H2,1H3,(H,34,44)(H,35,45)(H2,24,25,26)(H,27,28,33)/t12-,13-,14+,15+,16?,17?,22-,23-,42?,43?/m1/s1. The molecule has 22 heteroatoms. The summed E-state index contributed by atoms with van der Waals surface area (Å²) in [6.07, 6.45) is -5.88. The summed E-state index contributed by atoms with van der Waals surface area (Å²) in [5.74, 6) is 0.545. The van der Waals surface area contributed by atoms with Crippen LogP contribution in [0.5, 0.6) is 0 Å². The predicted octanol–water partition coefficient (Wildman–Crippen LogP) is -0.172. The number of fused-ring (bicyclic) bond motifs is 5. The van der Waals surface area contributed by atoms with E-state index in [9.17, 15) is 24.8 Å². The van der Waals surface area contributed by atoms with Crippen LogP contribution in [0.25, 0.3) is 22.1 Å². The van der Waals surface area contributed by atoms with E-state index in [1.807, 2.05) is 0 Å². The summed E-state index contributed by atoms with van der Waals surface area (Å²) in [4.78, 5) is 49.8. The van der Waals surface area contributed by atoms with Crippen LogP contribution in [0.2, 0.25) is 0 Å². The molecule has 0 radical (unpaired) electrons. The fourth-order valence-electron chi connectivity index (χ4n) is 5.66. The normalized spacial score (nSPS) is 37.7. The highest BCUT2D eigenvalue weighted by Crippen LogP contribution is 2.54. The van der Waals surface area contributed by atoms with Crippen molar-refractivity contribution in [2.24, 2.45) is 0 Å². The van der Waals surface area contributed by atoms with E-state index in [2.05, 4.69) is 19.9 Å². The summed E-state index contributed by atoms with van der Waals surface area (Å²) in [6.45, 7) is -7.68. The van der Waals surface area contributed by atoms with Gasteiger partial charge in [0.2, 0.25) is 0 Å².